The van der Waals surface area contributed by atoms with Crippen LogP contribution in [0.4, 0.5) is 0 Å². The first-order chi connectivity index (χ1) is 11.8. The van der Waals surface area contributed by atoms with Crippen molar-refractivity contribution in [2.75, 3.05) is 39.3 Å². The van der Waals surface area contributed by atoms with Crippen molar-refractivity contribution < 1.29 is 13.9 Å². The van der Waals surface area contributed by atoms with Crippen LogP contribution in [-0.2, 0) is 0 Å². The van der Waals surface area contributed by atoms with Gasteiger partial charge < -0.3 is 14.1 Å². The molecule has 1 fully saturated rings. The number of nitriles is 1. The van der Waals surface area contributed by atoms with E-state index in [0.717, 1.165) is 25.4 Å². The maximum atomic E-state index is 12.2. The van der Waals surface area contributed by atoms with Crippen LogP contribution in [0.2, 0.25) is 0 Å². The van der Waals surface area contributed by atoms with E-state index in [0.29, 0.717) is 30.8 Å². The Morgan fingerprint density at radius 3 is 2.54 bits per heavy atom. The molecule has 1 aliphatic rings. The number of nitrogens with zero attached hydrogens (tertiary/aromatic N) is 3. The van der Waals surface area contributed by atoms with Crippen LogP contribution in [0.1, 0.15) is 15.9 Å². The van der Waals surface area contributed by atoms with Gasteiger partial charge in [-0.3, -0.25) is 9.69 Å². The number of piperazine rings is 1. The molecule has 124 valence electrons. The SMILES string of the molecule is N#Cc1ccc(OCCN2CCN(C(=O)c3ccoc3)CC2)cc1. The first kappa shape index (κ1) is 16.1. The predicted octanol–water partition coefficient (Wildman–Crippen LogP) is 1.99. The van der Waals surface area contributed by atoms with Crippen molar-refractivity contribution in [1.29, 1.82) is 5.26 Å². The number of hydrogen-bond donors (Lipinski definition) is 0. The molecule has 6 heteroatoms. The number of carbonyl (C=O) groups excluding carboxylic acids is 1. The molecule has 6 nitrogen and oxygen atoms in total. The van der Waals surface area contributed by atoms with Crippen molar-refractivity contribution in [1.82, 2.24) is 9.80 Å². The predicted molar refractivity (Wildman–Crippen MR) is 87.7 cm³/mol. The highest BCUT2D eigenvalue weighted by atomic mass is 16.5. The minimum absolute atomic E-state index is 0.0252. The van der Waals surface area contributed by atoms with Gasteiger partial charge in [-0.15, -0.1) is 0 Å². The zero-order chi connectivity index (χ0) is 16.8. The highest BCUT2D eigenvalue weighted by Gasteiger charge is 2.22. The molecule has 1 aromatic heterocycles. The first-order valence-corrected chi connectivity index (χ1v) is 7.93. The van der Waals surface area contributed by atoms with Crippen LogP contribution >= 0.6 is 0 Å². The maximum Gasteiger partial charge on any atom is 0.257 e. The van der Waals surface area contributed by atoms with Gasteiger partial charge in [-0.05, 0) is 30.3 Å². The molecule has 3 rings (SSSR count). The van der Waals surface area contributed by atoms with E-state index in [9.17, 15) is 4.79 Å². The van der Waals surface area contributed by atoms with Gasteiger partial charge in [-0.2, -0.15) is 5.26 Å². The molecule has 1 aliphatic heterocycles. The zero-order valence-electron chi connectivity index (χ0n) is 13.4. The summed E-state index contributed by atoms with van der Waals surface area (Å²) in [6, 6.07) is 10.9. The normalized spacial score (nSPS) is 15.0. The molecule has 1 aromatic carbocycles. The smallest absolute Gasteiger partial charge is 0.257 e. The molecular formula is C18H19N3O3. The molecule has 0 atom stereocenters. The van der Waals surface area contributed by atoms with Crippen molar-refractivity contribution in [3.63, 3.8) is 0 Å². The Hall–Kier alpha value is -2.78. The first-order valence-electron chi connectivity index (χ1n) is 7.93. The van der Waals surface area contributed by atoms with Crippen LogP contribution < -0.4 is 4.74 Å². The summed E-state index contributed by atoms with van der Waals surface area (Å²) in [6.45, 7) is 4.48. The lowest BCUT2D eigenvalue weighted by atomic mass is 10.2. The number of benzene rings is 1. The molecule has 2 aromatic rings. The third-order valence-corrected chi connectivity index (χ3v) is 4.09. The van der Waals surface area contributed by atoms with E-state index in [-0.39, 0.29) is 5.91 Å². The highest BCUT2D eigenvalue weighted by Crippen LogP contribution is 2.12. The van der Waals surface area contributed by atoms with Gasteiger partial charge in [0.1, 0.15) is 18.6 Å². The Morgan fingerprint density at radius 2 is 1.92 bits per heavy atom. The van der Waals surface area contributed by atoms with Crippen LogP contribution in [0, 0.1) is 11.3 Å². The average molecular weight is 325 g/mol. The summed E-state index contributed by atoms with van der Waals surface area (Å²) in [6.07, 6.45) is 3.00. The number of furan rings is 1. The van der Waals surface area contributed by atoms with Gasteiger partial charge in [0.2, 0.25) is 0 Å². The van der Waals surface area contributed by atoms with Crippen molar-refractivity contribution in [2.24, 2.45) is 0 Å². The van der Waals surface area contributed by atoms with Gasteiger partial charge in [0.05, 0.1) is 23.5 Å². The van der Waals surface area contributed by atoms with Crippen molar-refractivity contribution in [3.05, 3.63) is 54.0 Å². The second kappa shape index (κ2) is 7.66. The summed E-state index contributed by atoms with van der Waals surface area (Å²) in [5.41, 5.74) is 1.23. The van der Waals surface area contributed by atoms with Crippen molar-refractivity contribution in [3.8, 4) is 11.8 Å². The molecule has 1 saturated heterocycles. The topological polar surface area (TPSA) is 69.7 Å². The molecule has 0 unspecified atom stereocenters. The minimum Gasteiger partial charge on any atom is -0.492 e. The van der Waals surface area contributed by atoms with Crippen LogP contribution in [0.5, 0.6) is 5.75 Å². The largest absolute Gasteiger partial charge is 0.492 e. The van der Waals surface area contributed by atoms with Gasteiger partial charge in [-0.1, -0.05) is 0 Å². The summed E-state index contributed by atoms with van der Waals surface area (Å²) < 4.78 is 10.7. The molecule has 0 N–H and O–H groups in total. The lowest BCUT2D eigenvalue weighted by Crippen LogP contribution is -2.49. The van der Waals surface area contributed by atoms with Gasteiger partial charge in [-0.25, -0.2) is 0 Å². The van der Waals surface area contributed by atoms with E-state index in [4.69, 9.17) is 14.4 Å². The summed E-state index contributed by atoms with van der Waals surface area (Å²) in [4.78, 5) is 16.3. The number of carbonyl (C=O) groups is 1. The summed E-state index contributed by atoms with van der Waals surface area (Å²) in [7, 11) is 0. The van der Waals surface area contributed by atoms with Crippen LogP contribution in [0.25, 0.3) is 0 Å². The zero-order valence-corrected chi connectivity index (χ0v) is 13.4. The van der Waals surface area contributed by atoms with Crippen LogP contribution in [-0.4, -0.2) is 55.0 Å². The third-order valence-electron chi connectivity index (χ3n) is 4.09. The molecular weight excluding hydrogens is 306 g/mol. The van der Waals surface area contributed by atoms with E-state index < -0.39 is 0 Å². The highest BCUT2D eigenvalue weighted by molar-refractivity contribution is 5.93. The Labute approximate surface area is 140 Å². The van der Waals surface area contributed by atoms with E-state index in [1.807, 2.05) is 4.90 Å². The van der Waals surface area contributed by atoms with Crippen LogP contribution in [0.15, 0.2) is 47.3 Å². The van der Waals surface area contributed by atoms with Crippen LogP contribution in [0.3, 0.4) is 0 Å². The Morgan fingerprint density at radius 1 is 1.17 bits per heavy atom. The molecule has 2 heterocycles. The van der Waals surface area contributed by atoms with Gasteiger partial charge in [0.15, 0.2) is 0 Å². The molecule has 24 heavy (non-hydrogen) atoms. The fraction of sp³-hybridized carbons (Fsp3) is 0.333. The average Bonchev–Trinajstić information content (AvgIpc) is 3.17. The fourth-order valence-corrected chi connectivity index (χ4v) is 2.66. The Kier molecular flexibility index (Phi) is 5.14. The molecule has 0 radical (unpaired) electrons. The molecule has 0 aliphatic carbocycles. The number of ether oxygens (including phenoxy) is 1. The second-order valence-corrected chi connectivity index (χ2v) is 5.63. The van der Waals surface area contributed by atoms with Gasteiger partial charge in [0, 0.05) is 32.7 Å². The van der Waals surface area contributed by atoms with Crippen molar-refractivity contribution >= 4 is 5.91 Å². The second-order valence-electron chi connectivity index (χ2n) is 5.63. The van der Waals surface area contributed by atoms with Crippen molar-refractivity contribution in [2.45, 2.75) is 0 Å². The van der Waals surface area contributed by atoms with E-state index in [1.165, 1.54) is 12.5 Å². The van der Waals surface area contributed by atoms with Gasteiger partial charge in [0.25, 0.3) is 5.91 Å². The third kappa shape index (κ3) is 3.94. The minimum atomic E-state index is 0.0252. The monoisotopic (exact) mass is 325 g/mol. The number of rotatable bonds is 5. The maximum absolute atomic E-state index is 12.2. The number of hydrogen-bond acceptors (Lipinski definition) is 5. The molecule has 0 bridgehead atoms. The van der Waals surface area contributed by atoms with E-state index in [2.05, 4.69) is 11.0 Å². The lowest BCUT2D eigenvalue weighted by Gasteiger charge is -2.34. The summed E-state index contributed by atoms with van der Waals surface area (Å²) in [5, 5.41) is 8.76. The van der Waals surface area contributed by atoms with E-state index in [1.54, 1.807) is 30.3 Å². The lowest BCUT2D eigenvalue weighted by molar-refractivity contribution is 0.0619. The Bertz CT molecular complexity index is 696. The van der Waals surface area contributed by atoms with Gasteiger partial charge >= 0.3 is 0 Å². The fourth-order valence-electron chi connectivity index (χ4n) is 2.66. The summed E-state index contributed by atoms with van der Waals surface area (Å²) in [5.74, 6) is 0.792. The Balaban J connectivity index is 1.39. The standard InChI is InChI=1S/C18H19N3O3/c19-13-15-1-3-17(4-2-15)24-12-10-20-6-8-21(9-7-20)18(22)16-5-11-23-14-16/h1-5,11,14H,6-10,12H2. The molecule has 1 amide bonds. The van der Waals surface area contributed by atoms with E-state index >= 15 is 0 Å². The number of amides is 1. The quantitative estimate of drug-likeness (QED) is 0.841. The molecule has 0 spiro atoms. The summed E-state index contributed by atoms with van der Waals surface area (Å²) >= 11 is 0. The molecule has 0 saturated carbocycles.